The van der Waals surface area contributed by atoms with Gasteiger partial charge in [-0.25, -0.2) is 9.78 Å². The van der Waals surface area contributed by atoms with Gasteiger partial charge in [0.25, 0.3) is 5.91 Å². The van der Waals surface area contributed by atoms with Crippen molar-refractivity contribution in [2.24, 2.45) is 0 Å². The Kier molecular flexibility index (Phi) is 7.94. The number of ether oxygens (including phenoxy) is 1. The summed E-state index contributed by atoms with van der Waals surface area (Å²) in [5, 5.41) is 12.8. The molecule has 2 aromatic carbocycles. The molecular formula is C24H26ClN3O4S. The molecule has 3 aromatic rings. The number of carbonyl (C=O) groups excluding carboxylic acids is 1. The molecule has 0 aliphatic heterocycles. The lowest BCUT2D eigenvalue weighted by Gasteiger charge is -2.33. The standard InChI is InChI=1S/C24H26ClN3O4S/c1-24(2,3)28(23(30)31)11-10-26-22(29)20-21(33-15-27-20)17-7-5-9-19(13-17)32-14-16-6-4-8-18(25)12-16/h4-9,12-13,15H,10-11,14H2,1-3H3,(H,26,29)(H,30,31). The highest BCUT2D eigenvalue weighted by Crippen LogP contribution is 2.30. The highest BCUT2D eigenvalue weighted by atomic mass is 35.5. The summed E-state index contributed by atoms with van der Waals surface area (Å²) < 4.78 is 5.90. The monoisotopic (exact) mass is 487 g/mol. The lowest BCUT2D eigenvalue weighted by molar-refractivity contribution is 0.0889. The van der Waals surface area contributed by atoms with Gasteiger partial charge in [0.15, 0.2) is 0 Å². The SMILES string of the molecule is CC(C)(C)N(CCNC(=O)c1ncsc1-c1cccc(OCc2cccc(Cl)c2)c1)C(=O)O. The van der Waals surface area contributed by atoms with Crippen LogP contribution < -0.4 is 10.1 Å². The fourth-order valence-electron chi connectivity index (χ4n) is 3.22. The van der Waals surface area contributed by atoms with E-state index < -0.39 is 11.6 Å². The number of thiazole rings is 1. The molecule has 174 valence electrons. The zero-order chi connectivity index (χ0) is 24.0. The summed E-state index contributed by atoms with van der Waals surface area (Å²) in [5.41, 5.74) is 3.12. The van der Waals surface area contributed by atoms with E-state index in [9.17, 15) is 14.7 Å². The van der Waals surface area contributed by atoms with Crippen LogP contribution in [0.2, 0.25) is 5.02 Å². The molecule has 0 aliphatic rings. The van der Waals surface area contributed by atoms with Crippen LogP contribution in [0, 0.1) is 0 Å². The Labute approximate surface area is 202 Å². The minimum atomic E-state index is -1.03. The van der Waals surface area contributed by atoms with Crippen LogP contribution in [-0.2, 0) is 6.61 Å². The lowest BCUT2D eigenvalue weighted by atomic mass is 10.1. The summed E-state index contributed by atoms with van der Waals surface area (Å²) in [6.45, 7) is 6.15. The number of amides is 2. The number of aromatic nitrogens is 1. The molecule has 1 aromatic heterocycles. The number of halogens is 1. The average Bonchev–Trinajstić information content (AvgIpc) is 3.24. The first-order valence-electron chi connectivity index (χ1n) is 10.3. The topological polar surface area (TPSA) is 91.8 Å². The molecule has 2 N–H and O–H groups in total. The highest BCUT2D eigenvalue weighted by molar-refractivity contribution is 7.13. The van der Waals surface area contributed by atoms with Crippen LogP contribution in [0.4, 0.5) is 4.79 Å². The zero-order valence-corrected chi connectivity index (χ0v) is 20.2. The summed E-state index contributed by atoms with van der Waals surface area (Å²) in [4.78, 5) is 30.4. The minimum Gasteiger partial charge on any atom is -0.489 e. The van der Waals surface area contributed by atoms with Gasteiger partial charge in [0, 0.05) is 23.7 Å². The van der Waals surface area contributed by atoms with Crippen molar-refractivity contribution in [1.29, 1.82) is 0 Å². The van der Waals surface area contributed by atoms with E-state index in [0.29, 0.717) is 28.0 Å². The molecule has 3 rings (SSSR count). The second kappa shape index (κ2) is 10.7. The first-order valence-corrected chi connectivity index (χ1v) is 11.6. The first kappa shape index (κ1) is 24.5. The van der Waals surface area contributed by atoms with Crippen LogP contribution in [0.25, 0.3) is 10.4 Å². The van der Waals surface area contributed by atoms with E-state index >= 15 is 0 Å². The third-order valence-electron chi connectivity index (χ3n) is 4.83. The Morgan fingerprint density at radius 1 is 1.18 bits per heavy atom. The molecule has 0 saturated carbocycles. The molecule has 33 heavy (non-hydrogen) atoms. The summed E-state index contributed by atoms with van der Waals surface area (Å²) in [5.74, 6) is 0.310. The van der Waals surface area contributed by atoms with Crippen molar-refractivity contribution in [3.8, 4) is 16.2 Å². The molecule has 0 atom stereocenters. The number of rotatable bonds is 8. The number of nitrogens with zero attached hydrogens (tertiary/aromatic N) is 2. The Hall–Kier alpha value is -3.10. The molecule has 9 heteroatoms. The lowest BCUT2D eigenvalue weighted by Crippen LogP contribution is -2.48. The van der Waals surface area contributed by atoms with Crippen LogP contribution in [0.15, 0.2) is 54.0 Å². The van der Waals surface area contributed by atoms with Crippen molar-refractivity contribution in [3.63, 3.8) is 0 Å². The Morgan fingerprint density at radius 3 is 2.64 bits per heavy atom. The summed E-state index contributed by atoms with van der Waals surface area (Å²) in [6, 6.07) is 14.9. The third kappa shape index (κ3) is 6.69. The molecule has 0 aliphatic carbocycles. The van der Waals surface area contributed by atoms with E-state index in [1.54, 1.807) is 5.51 Å². The Bertz CT molecular complexity index is 1130. The average molecular weight is 488 g/mol. The van der Waals surface area contributed by atoms with Gasteiger partial charge in [0.1, 0.15) is 18.1 Å². The number of nitrogens with one attached hydrogen (secondary N) is 1. The van der Waals surface area contributed by atoms with E-state index in [1.807, 2.05) is 69.3 Å². The van der Waals surface area contributed by atoms with Gasteiger partial charge in [-0.1, -0.05) is 35.9 Å². The number of carboxylic acid groups (broad SMARTS) is 1. The van der Waals surface area contributed by atoms with Crippen molar-refractivity contribution in [3.05, 3.63) is 70.3 Å². The second-order valence-electron chi connectivity index (χ2n) is 8.34. The van der Waals surface area contributed by atoms with E-state index in [0.717, 1.165) is 11.1 Å². The molecule has 2 amide bonds. The van der Waals surface area contributed by atoms with Gasteiger partial charge in [-0.3, -0.25) is 4.79 Å². The molecule has 0 saturated heterocycles. The van der Waals surface area contributed by atoms with E-state index in [-0.39, 0.29) is 19.0 Å². The van der Waals surface area contributed by atoms with E-state index in [2.05, 4.69) is 10.3 Å². The molecule has 0 radical (unpaired) electrons. The normalized spacial score (nSPS) is 11.2. The van der Waals surface area contributed by atoms with Crippen molar-refractivity contribution < 1.29 is 19.4 Å². The van der Waals surface area contributed by atoms with Crippen molar-refractivity contribution in [2.45, 2.75) is 32.9 Å². The number of benzene rings is 2. The number of hydrogen-bond donors (Lipinski definition) is 2. The van der Waals surface area contributed by atoms with E-state index in [1.165, 1.54) is 16.2 Å². The van der Waals surface area contributed by atoms with Gasteiger partial charge in [-0.15, -0.1) is 11.3 Å². The van der Waals surface area contributed by atoms with E-state index in [4.69, 9.17) is 16.3 Å². The molecule has 7 nitrogen and oxygen atoms in total. The largest absolute Gasteiger partial charge is 0.489 e. The van der Waals surface area contributed by atoms with Gasteiger partial charge >= 0.3 is 6.09 Å². The molecule has 1 heterocycles. The Morgan fingerprint density at radius 2 is 1.94 bits per heavy atom. The molecular weight excluding hydrogens is 462 g/mol. The quantitative estimate of drug-likeness (QED) is 0.434. The number of carbonyl (C=O) groups is 2. The highest BCUT2D eigenvalue weighted by Gasteiger charge is 2.26. The van der Waals surface area contributed by atoms with Crippen LogP contribution in [0.3, 0.4) is 0 Å². The fraction of sp³-hybridized carbons (Fsp3) is 0.292. The Balaban J connectivity index is 1.66. The zero-order valence-electron chi connectivity index (χ0n) is 18.7. The van der Waals surface area contributed by atoms with Gasteiger partial charge in [-0.2, -0.15) is 0 Å². The van der Waals surface area contributed by atoms with Gasteiger partial charge in [0.05, 0.1) is 10.4 Å². The summed E-state index contributed by atoms with van der Waals surface area (Å²) >= 11 is 7.38. The third-order valence-corrected chi connectivity index (χ3v) is 5.95. The summed E-state index contributed by atoms with van der Waals surface area (Å²) in [7, 11) is 0. The maximum atomic E-state index is 12.8. The minimum absolute atomic E-state index is 0.177. The van der Waals surface area contributed by atoms with Crippen LogP contribution in [0.5, 0.6) is 5.75 Å². The maximum absolute atomic E-state index is 12.8. The van der Waals surface area contributed by atoms with Gasteiger partial charge in [-0.05, 0) is 56.2 Å². The van der Waals surface area contributed by atoms with Crippen molar-refractivity contribution >= 4 is 34.9 Å². The predicted octanol–water partition coefficient (Wildman–Crippen LogP) is 5.55. The molecule has 0 fully saturated rings. The molecule has 0 unspecified atom stereocenters. The first-order chi connectivity index (χ1) is 15.6. The smallest absolute Gasteiger partial charge is 0.407 e. The number of hydrogen-bond acceptors (Lipinski definition) is 5. The second-order valence-corrected chi connectivity index (χ2v) is 9.63. The predicted molar refractivity (Wildman–Crippen MR) is 130 cm³/mol. The molecule has 0 bridgehead atoms. The maximum Gasteiger partial charge on any atom is 0.407 e. The summed E-state index contributed by atoms with van der Waals surface area (Å²) in [6.07, 6.45) is -1.03. The van der Waals surface area contributed by atoms with Gasteiger partial charge in [0.2, 0.25) is 0 Å². The van der Waals surface area contributed by atoms with Gasteiger partial charge < -0.3 is 20.1 Å². The fourth-order valence-corrected chi connectivity index (χ4v) is 4.21. The van der Waals surface area contributed by atoms with Crippen LogP contribution >= 0.6 is 22.9 Å². The molecule has 0 spiro atoms. The van der Waals surface area contributed by atoms with Crippen LogP contribution in [-0.4, -0.2) is 45.6 Å². The van der Waals surface area contributed by atoms with Crippen molar-refractivity contribution in [1.82, 2.24) is 15.2 Å². The van der Waals surface area contributed by atoms with Crippen molar-refractivity contribution in [2.75, 3.05) is 13.1 Å². The van der Waals surface area contributed by atoms with Crippen LogP contribution in [0.1, 0.15) is 36.8 Å².